The molecule has 1 aromatic rings. The predicted octanol–water partition coefficient (Wildman–Crippen LogP) is 0.147. The molecule has 1 heterocycles. The van der Waals surface area contributed by atoms with Gasteiger partial charge in [0.25, 0.3) is 5.91 Å². The average molecular weight is 181 g/mol. The first-order chi connectivity index (χ1) is 6.19. The molecule has 0 bridgehead atoms. The Morgan fingerprint density at radius 2 is 2.38 bits per heavy atom. The summed E-state index contributed by atoms with van der Waals surface area (Å²) < 4.78 is 4.77. The number of amides is 1. The van der Waals surface area contributed by atoms with Gasteiger partial charge in [-0.3, -0.25) is 4.79 Å². The van der Waals surface area contributed by atoms with E-state index in [9.17, 15) is 4.79 Å². The lowest BCUT2D eigenvalue weighted by atomic mass is 10.2. The Morgan fingerprint density at radius 3 is 2.85 bits per heavy atom. The van der Waals surface area contributed by atoms with Crippen molar-refractivity contribution in [1.29, 1.82) is 0 Å². The maximum Gasteiger partial charge on any atom is 0.316 e. The number of primary amides is 1. The van der Waals surface area contributed by atoms with Crippen molar-refractivity contribution in [3.63, 3.8) is 0 Å². The first kappa shape index (κ1) is 9.44. The lowest BCUT2D eigenvalue weighted by Crippen LogP contribution is -2.16. The van der Waals surface area contributed by atoms with Crippen LogP contribution in [0.25, 0.3) is 0 Å². The zero-order valence-corrected chi connectivity index (χ0v) is 7.57. The molecular weight excluding hydrogens is 170 g/mol. The highest BCUT2D eigenvalue weighted by Gasteiger charge is 2.10. The van der Waals surface area contributed by atoms with Crippen LogP contribution in [0.2, 0.25) is 0 Å². The van der Waals surface area contributed by atoms with E-state index in [4.69, 9.17) is 10.5 Å². The van der Waals surface area contributed by atoms with Gasteiger partial charge in [0.2, 0.25) is 0 Å². The molecule has 0 radical (unpaired) electrons. The fraction of sp³-hybridized carbons (Fsp3) is 0.375. The summed E-state index contributed by atoms with van der Waals surface area (Å²) in [6.07, 6.45) is 2.22. The van der Waals surface area contributed by atoms with E-state index >= 15 is 0 Å². The number of ether oxygens (including phenoxy) is 1. The molecule has 0 saturated heterocycles. The minimum atomic E-state index is -0.558. The second kappa shape index (κ2) is 3.84. The number of nitrogens with two attached hydrogens (primary N) is 1. The van der Waals surface area contributed by atoms with Crippen molar-refractivity contribution in [2.24, 2.45) is 5.73 Å². The van der Waals surface area contributed by atoms with E-state index in [-0.39, 0.29) is 11.7 Å². The molecule has 0 spiro atoms. The third-order valence-corrected chi connectivity index (χ3v) is 1.64. The average Bonchev–Trinajstić information content (AvgIpc) is 2.16. The van der Waals surface area contributed by atoms with E-state index in [2.05, 4.69) is 9.97 Å². The Labute approximate surface area is 75.9 Å². The summed E-state index contributed by atoms with van der Waals surface area (Å²) in [6, 6.07) is 0.158. The lowest BCUT2D eigenvalue weighted by molar-refractivity contribution is 0.0993. The Balaban J connectivity index is 3.18. The molecule has 0 fully saturated rings. The van der Waals surface area contributed by atoms with Gasteiger partial charge in [-0.2, -0.15) is 4.98 Å². The number of hydrogen-bond acceptors (Lipinski definition) is 4. The minimum absolute atomic E-state index is 0.158. The lowest BCUT2D eigenvalue weighted by Gasteiger charge is -2.03. The number of carbonyl (C=O) groups is 1. The summed E-state index contributed by atoms with van der Waals surface area (Å²) in [4.78, 5) is 18.6. The molecule has 5 nitrogen and oxygen atoms in total. The first-order valence-electron chi connectivity index (χ1n) is 3.88. The summed E-state index contributed by atoms with van der Waals surface area (Å²) in [5.74, 6) is -0.558. The molecule has 13 heavy (non-hydrogen) atoms. The van der Waals surface area contributed by atoms with Gasteiger partial charge in [-0.1, -0.05) is 6.92 Å². The summed E-state index contributed by atoms with van der Waals surface area (Å²) >= 11 is 0. The summed E-state index contributed by atoms with van der Waals surface area (Å²) in [5, 5.41) is 0. The van der Waals surface area contributed by atoms with Gasteiger partial charge in [0.15, 0.2) is 0 Å². The highest BCUT2D eigenvalue weighted by atomic mass is 16.5. The van der Waals surface area contributed by atoms with Crippen molar-refractivity contribution in [2.45, 2.75) is 13.3 Å². The molecule has 1 aromatic heterocycles. The quantitative estimate of drug-likeness (QED) is 0.719. The van der Waals surface area contributed by atoms with Crippen LogP contribution in [0.5, 0.6) is 6.01 Å². The Hall–Kier alpha value is -1.65. The molecule has 0 saturated carbocycles. The van der Waals surface area contributed by atoms with Gasteiger partial charge in [0.1, 0.15) is 5.69 Å². The number of methoxy groups -OCH3 is 1. The summed E-state index contributed by atoms with van der Waals surface area (Å²) in [6.45, 7) is 1.90. The molecule has 0 atom stereocenters. The van der Waals surface area contributed by atoms with Crippen molar-refractivity contribution < 1.29 is 9.53 Å². The highest BCUT2D eigenvalue weighted by molar-refractivity contribution is 5.92. The zero-order chi connectivity index (χ0) is 9.84. The fourth-order valence-corrected chi connectivity index (χ4v) is 0.961. The van der Waals surface area contributed by atoms with E-state index < -0.39 is 5.91 Å². The molecular formula is C8H11N3O2. The second-order valence-corrected chi connectivity index (χ2v) is 2.45. The van der Waals surface area contributed by atoms with E-state index in [0.717, 1.165) is 5.56 Å². The van der Waals surface area contributed by atoms with Crippen LogP contribution in [0, 0.1) is 0 Å². The number of rotatable bonds is 3. The van der Waals surface area contributed by atoms with Gasteiger partial charge in [0.05, 0.1) is 7.11 Å². The molecule has 0 aliphatic carbocycles. The monoisotopic (exact) mass is 181 g/mol. The van der Waals surface area contributed by atoms with Crippen LogP contribution >= 0.6 is 0 Å². The number of aromatic nitrogens is 2. The SMILES string of the molecule is CCc1cnc(OC)nc1C(N)=O. The molecule has 0 aliphatic rings. The van der Waals surface area contributed by atoms with Crippen molar-refractivity contribution >= 4 is 5.91 Å². The highest BCUT2D eigenvalue weighted by Crippen LogP contribution is 2.09. The van der Waals surface area contributed by atoms with Crippen molar-refractivity contribution in [2.75, 3.05) is 7.11 Å². The van der Waals surface area contributed by atoms with E-state index in [1.165, 1.54) is 7.11 Å². The molecule has 0 aliphatic heterocycles. The maximum absolute atomic E-state index is 10.9. The van der Waals surface area contributed by atoms with Crippen LogP contribution in [0.1, 0.15) is 23.0 Å². The van der Waals surface area contributed by atoms with Gasteiger partial charge in [-0.15, -0.1) is 0 Å². The fourth-order valence-electron chi connectivity index (χ4n) is 0.961. The number of carbonyl (C=O) groups excluding carboxylic acids is 1. The molecule has 1 amide bonds. The van der Waals surface area contributed by atoms with E-state index in [0.29, 0.717) is 6.42 Å². The largest absolute Gasteiger partial charge is 0.467 e. The van der Waals surface area contributed by atoms with Gasteiger partial charge in [-0.05, 0) is 6.42 Å². The van der Waals surface area contributed by atoms with Crippen LogP contribution in [-0.2, 0) is 6.42 Å². The van der Waals surface area contributed by atoms with E-state index in [1.54, 1.807) is 6.20 Å². The van der Waals surface area contributed by atoms with Gasteiger partial charge >= 0.3 is 6.01 Å². The summed E-state index contributed by atoms with van der Waals surface area (Å²) in [7, 11) is 1.44. The van der Waals surface area contributed by atoms with Crippen LogP contribution in [-0.4, -0.2) is 23.0 Å². The molecule has 0 aromatic carbocycles. The van der Waals surface area contributed by atoms with E-state index in [1.807, 2.05) is 6.92 Å². The van der Waals surface area contributed by atoms with Crippen molar-refractivity contribution in [1.82, 2.24) is 9.97 Å². The number of aryl methyl sites for hydroxylation is 1. The van der Waals surface area contributed by atoms with Crippen molar-refractivity contribution in [3.8, 4) is 6.01 Å². The maximum atomic E-state index is 10.9. The Morgan fingerprint density at radius 1 is 1.69 bits per heavy atom. The number of hydrogen-bond donors (Lipinski definition) is 1. The smallest absolute Gasteiger partial charge is 0.316 e. The van der Waals surface area contributed by atoms with Crippen LogP contribution in [0.4, 0.5) is 0 Å². The minimum Gasteiger partial charge on any atom is -0.467 e. The van der Waals surface area contributed by atoms with Crippen LogP contribution in [0.3, 0.4) is 0 Å². The van der Waals surface area contributed by atoms with Gasteiger partial charge < -0.3 is 10.5 Å². The molecule has 1 rings (SSSR count). The third-order valence-electron chi connectivity index (χ3n) is 1.64. The van der Waals surface area contributed by atoms with Gasteiger partial charge in [0, 0.05) is 11.8 Å². The summed E-state index contributed by atoms with van der Waals surface area (Å²) in [5.41, 5.74) is 6.09. The Bertz CT molecular complexity index is 325. The Kier molecular flexibility index (Phi) is 2.79. The van der Waals surface area contributed by atoms with Crippen molar-refractivity contribution in [3.05, 3.63) is 17.5 Å². The first-order valence-corrected chi connectivity index (χ1v) is 3.88. The van der Waals surface area contributed by atoms with Crippen LogP contribution < -0.4 is 10.5 Å². The molecule has 2 N–H and O–H groups in total. The van der Waals surface area contributed by atoms with Gasteiger partial charge in [-0.25, -0.2) is 4.98 Å². The molecule has 70 valence electrons. The molecule has 0 unspecified atom stereocenters. The number of nitrogens with zero attached hydrogens (tertiary/aromatic N) is 2. The standard InChI is InChI=1S/C8H11N3O2/c1-3-5-4-10-8(13-2)11-6(5)7(9)12/h4H,3H2,1-2H3,(H2,9,12). The normalized spacial score (nSPS) is 9.69. The topological polar surface area (TPSA) is 78.1 Å². The predicted molar refractivity (Wildman–Crippen MR) is 46.5 cm³/mol. The zero-order valence-electron chi connectivity index (χ0n) is 7.57. The molecule has 5 heteroatoms. The third kappa shape index (κ3) is 1.93. The van der Waals surface area contributed by atoms with Crippen LogP contribution in [0.15, 0.2) is 6.20 Å². The second-order valence-electron chi connectivity index (χ2n) is 2.45.